The van der Waals surface area contributed by atoms with E-state index in [9.17, 15) is 8.78 Å². The van der Waals surface area contributed by atoms with Gasteiger partial charge in [0.2, 0.25) is 0 Å². The average Bonchev–Trinajstić information content (AvgIpc) is 2.86. The number of halogens is 2. The predicted molar refractivity (Wildman–Crippen MR) is 153 cm³/mol. The molecule has 0 unspecified atom stereocenters. The molecule has 2 N–H and O–H groups in total. The summed E-state index contributed by atoms with van der Waals surface area (Å²) in [7, 11) is 0. The normalized spacial score (nSPS) is 13.6. The van der Waals surface area contributed by atoms with Gasteiger partial charge < -0.3 is 15.5 Å². The number of allylic oxidation sites excluding steroid dienone is 1. The van der Waals surface area contributed by atoms with Gasteiger partial charge >= 0.3 is 0 Å². The zero-order valence-electron chi connectivity index (χ0n) is 22.6. The van der Waals surface area contributed by atoms with Gasteiger partial charge in [-0.2, -0.15) is 0 Å². The van der Waals surface area contributed by atoms with E-state index in [4.69, 9.17) is 0 Å². The molecule has 196 valence electrons. The fourth-order valence-corrected chi connectivity index (χ4v) is 4.39. The summed E-state index contributed by atoms with van der Waals surface area (Å²) in [6.45, 7) is 19.1. The van der Waals surface area contributed by atoms with Crippen molar-refractivity contribution in [2.24, 2.45) is 4.99 Å². The van der Waals surface area contributed by atoms with Crippen molar-refractivity contribution in [1.29, 1.82) is 0 Å². The number of anilines is 1. The lowest BCUT2D eigenvalue weighted by atomic mass is 9.96. The van der Waals surface area contributed by atoms with Gasteiger partial charge in [-0.25, -0.2) is 13.8 Å². The van der Waals surface area contributed by atoms with E-state index in [1.165, 1.54) is 28.8 Å². The second-order valence-electron chi connectivity index (χ2n) is 9.35. The molecule has 6 heteroatoms. The van der Waals surface area contributed by atoms with E-state index in [2.05, 4.69) is 68.6 Å². The van der Waals surface area contributed by atoms with Crippen molar-refractivity contribution in [3.8, 4) is 0 Å². The Labute approximate surface area is 220 Å². The highest BCUT2D eigenvalue weighted by molar-refractivity contribution is 6.09. The first-order valence-corrected chi connectivity index (χ1v) is 12.8. The number of unbranched alkanes of at least 4 members (excludes halogenated alkanes) is 3. The van der Waals surface area contributed by atoms with Crippen molar-refractivity contribution in [2.75, 3.05) is 11.9 Å². The van der Waals surface area contributed by atoms with E-state index in [-0.39, 0.29) is 16.9 Å². The minimum atomic E-state index is -0.692. The van der Waals surface area contributed by atoms with Crippen LogP contribution in [0.2, 0.25) is 0 Å². The number of hydrogen-bond acceptors (Lipinski definition) is 4. The van der Waals surface area contributed by atoms with Crippen LogP contribution < -0.4 is 10.6 Å². The molecule has 1 aliphatic rings. The van der Waals surface area contributed by atoms with Gasteiger partial charge in [-0.05, 0) is 62.9 Å². The largest absolute Gasteiger partial charge is 0.385 e. The number of hydrogen-bond donors (Lipinski definition) is 2. The molecule has 1 heterocycles. The maximum Gasteiger partial charge on any atom is 0.154 e. The zero-order chi connectivity index (χ0) is 27.1. The van der Waals surface area contributed by atoms with Gasteiger partial charge in [0.05, 0.1) is 11.3 Å². The van der Waals surface area contributed by atoms with Gasteiger partial charge in [0, 0.05) is 41.6 Å². The topological polar surface area (TPSA) is 39.7 Å². The molecule has 0 spiro atoms. The maximum atomic E-state index is 15.0. The lowest BCUT2D eigenvalue weighted by molar-refractivity contribution is 0.573. The average molecular weight is 505 g/mol. The second kappa shape index (κ2) is 12.5. The Morgan fingerprint density at radius 2 is 1.76 bits per heavy atom. The maximum absolute atomic E-state index is 15.0. The third-order valence-electron chi connectivity index (χ3n) is 6.83. The molecule has 0 fully saturated rings. The summed E-state index contributed by atoms with van der Waals surface area (Å²) < 4.78 is 29.9. The van der Waals surface area contributed by atoms with Crippen LogP contribution >= 0.6 is 0 Å². The highest BCUT2D eigenvalue weighted by atomic mass is 19.1. The van der Waals surface area contributed by atoms with Crippen LogP contribution in [-0.4, -0.2) is 17.3 Å². The van der Waals surface area contributed by atoms with Gasteiger partial charge in [-0.1, -0.05) is 57.6 Å². The molecule has 0 aliphatic carbocycles. The second-order valence-corrected chi connectivity index (χ2v) is 9.35. The SMILES string of the molecule is C=C(NCCCCCC)c1c(F)cc(NC2=NC=CN(/C(=C\C)c3ccc(C)c(C)c3C)C2=C)cc1F. The van der Waals surface area contributed by atoms with Gasteiger partial charge in [-0.15, -0.1) is 0 Å². The van der Waals surface area contributed by atoms with E-state index in [0.717, 1.165) is 36.9 Å². The number of nitrogens with zero attached hydrogens (tertiary/aromatic N) is 2. The Morgan fingerprint density at radius 3 is 2.41 bits per heavy atom. The highest BCUT2D eigenvalue weighted by Crippen LogP contribution is 2.31. The molecular formula is C31H38F2N4. The highest BCUT2D eigenvalue weighted by Gasteiger charge is 2.22. The lowest BCUT2D eigenvalue weighted by Gasteiger charge is -2.30. The molecule has 1 aliphatic heterocycles. The molecule has 0 atom stereocenters. The van der Waals surface area contributed by atoms with Crippen molar-refractivity contribution < 1.29 is 8.78 Å². The molecule has 0 radical (unpaired) electrons. The van der Waals surface area contributed by atoms with E-state index in [0.29, 0.717) is 18.1 Å². The number of nitrogens with one attached hydrogen (secondary N) is 2. The molecule has 0 aromatic heterocycles. The van der Waals surface area contributed by atoms with Gasteiger partial charge in [0.15, 0.2) is 5.84 Å². The summed E-state index contributed by atoms with van der Waals surface area (Å²) in [6, 6.07) is 6.71. The summed E-state index contributed by atoms with van der Waals surface area (Å²) in [6.07, 6.45) is 9.76. The molecule has 2 aromatic carbocycles. The van der Waals surface area contributed by atoms with Crippen molar-refractivity contribution >= 4 is 22.9 Å². The molecule has 37 heavy (non-hydrogen) atoms. The van der Waals surface area contributed by atoms with E-state index >= 15 is 0 Å². The van der Waals surface area contributed by atoms with Crippen LogP contribution in [0.15, 0.2) is 66.6 Å². The van der Waals surface area contributed by atoms with Crippen molar-refractivity contribution in [3.05, 3.63) is 101 Å². The summed E-state index contributed by atoms with van der Waals surface area (Å²) in [5.41, 5.74) is 6.59. The van der Waals surface area contributed by atoms with Crippen molar-refractivity contribution in [1.82, 2.24) is 10.2 Å². The molecule has 0 saturated carbocycles. The Morgan fingerprint density at radius 1 is 1.05 bits per heavy atom. The fourth-order valence-electron chi connectivity index (χ4n) is 4.39. The third kappa shape index (κ3) is 6.37. The van der Waals surface area contributed by atoms with Crippen molar-refractivity contribution in [2.45, 2.75) is 60.3 Å². The summed E-state index contributed by atoms with van der Waals surface area (Å²) in [4.78, 5) is 6.31. The first-order valence-electron chi connectivity index (χ1n) is 12.8. The number of rotatable bonds is 10. The van der Waals surface area contributed by atoms with Crippen LogP contribution in [0.25, 0.3) is 11.4 Å². The van der Waals surface area contributed by atoms with E-state index < -0.39 is 11.6 Å². The van der Waals surface area contributed by atoms with Crippen LogP contribution in [0.1, 0.15) is 67.3 Å². The van der Waals surface area contributed by atoms with Gasteiger partial charge in [0.1, 0.15) is 11.6 Å². The molecule has 0 saturated heterocycles. The number of amidine groups is 1. The summed E-state index contributed by atoms with van der Waals surface area (Å²) in [5.74, 6) is -0.978. The molecular weight excluding hydrogens is 466 g/mol. The van der Waals surface area contributed by atoms with Gasteiger partial charge in [-0.3, -0.25) is 0 Å². The van der Waals surface area contributed by atoms with Crippen LogP contribution in [0, 0.1) is 32.4 Å². The zero-order valence-corrected chi connectivity index (χ0v) is 22.6. The Kier molecular flexibility index (Phi) is 9.45. The standard InChI is InChI=1S/C31H38F2N4/c1-8-10-11-12-15-34-23(6)30-27(32)18-25(19-28(30)33)36-31-24(7)37(17-16-35-31)29(9-2)26-14-13-20(3)21(4)22(26)5/h9,13-14,16-19,34H,6-8,10-12,15H2,1-5H3,(H,35,36)/b29-9-. The molecule has 0 bridgehead atoms. The van der Waals surface area contributed by atoms with Crippen LogP contribution in [-0.2, 0) is 0 Å². The molecule has 4 nitrogen and oxygen atoms in total. The van der Waals surface area contributed by atoms with Crippen LogP contribution in [0.4, 0.5) is 14.5 Å². The summed E-state index contributed by atoms with van der Waals surface area (Å²) in [5, 5.41) is 6.09. The monoisotopic (exact) mass is 504 g/mol. The quantitative estimate of drug-likeness (QED) is 0.320. The third-order valence-corrected chi connectivity index (χ3v) is 6.83. The lowest BCUT2D eigenvalue weighted by Crippen LogP contribution is -2.28. The number of aliphatic imine (C=N–C) groups is 1. The molecule has 2 aromatic rings. The van der Waals surface area contributed by atoms with Crippen LogP contribution in [0.5, 0.6) is 0 Å². The van der Waals surface area contributed by atoms with Gasteiger partial charge in [0.25, 0.3) is 0 Å². The molecule has 3 rings (SSSR count). The minimum Gasteiger partial charge on any atom is -0.385 e. The summed E-state index contributed by atoms with van der Waals surface area (Å²) >= 11 is 0. The first-order chi connectivity index (χ1) is 17.7. The molecule has 0 amide bonds. The van der Waals surface area contributed by atoms with Crippen LogP contribution in [0.3, 0.4) is 0 Å². The predicted octanol–water partition coefficient (Wildman–Crippen LogP) is 8.20. The van der Waals surface area contributed by atoms with E-state index in [1.54, 1.807) is 6.20 Å². The number of aryl methyl sites for hydroxylation is 1. The van der Waals surface area contributed by atoms with E-state index in [1.807, 2.05) is 24.1 Å². The fraction of sp³-hybridized carbons (Fsp3) is 0.323. The van der Waals surface area contributed by atoms with Crippen molar-refractivity contribution in [3.63, 3.8) is 0 Å². The Balaban J connectivity index is 1.77. The Hall–Kier alpha value is -3.67. The smallest absolute Gasteiger partial charge is 0.154 e. The first kappa shape index (κ1) is 27.9. The minimum absolute atomic E-state index is 0.145. The number of benzene rings is 2. The Bertz CT molecular complexity index is 1250.